The quantitative estimate of drug-likeness (QED) is 0.416. The number of carbonyl (C=O) groups is 1. The van der Waals surface area contributed by atoms with E-state index >= 15 is 0 Å². The number of thioether (sulfide) groups is 1. The highest BCUT2D eigenvalue weighted by atomic mass is 32.2. The topological polar surface area (TPSA) is 38.7 Å². The van der Waals surface area contributed by atoms with Gasteiger partial charge in [0.15, 0.2) is 0 Å². The zero-order chi connectivity index (χ0) is 20.8. The van der Waals surface area contributed by atoms with Crippen LogP contribution in [0.1, 0.15) is 6.92 Å². The van der Waals surface area contributed by atoms with E-state index in [9.17, 15) is 4.79 Å². The average Bonchev–Trinajstić information content (AvgIpc) is 3.33. The summed E-state index contributed by atoms with van der Waals surface area (Å²) in [5.74, 6) is 0.722. The van der Waals surface area contributed by atoms with Gasteiger partial charge in [0.05, 0.1) is 6.61 Å². The molecule has 0 radical (unpaired) electrons. The van der Waals surface area contributed by atoms with Crippen LogP contribution >= 0.6 is 19.0 Å². The van der Waals surface area contributed by atoms with Crippen LogP contribution in [0.2, 0.25) is 0 Å². The zero-order valence-corrected chi connectivity index (χ0v) is 18.7. The second-order valence-electron chi connectivity index (χ2n) is 6.95. The first-order valence-corrected chi connectivity index (χ1v) is 13.0. The van der Waals surface area contributed by atoms with Crippen molar-refractivity contribution in [3.8, 4) is 0 Å². The Morgan fingerprint density at radius 1 is 0.900 bits per heavy atom. The third-order valence-corrected chi connectivity index (χ3v) is 11.0. The zero-order valence-electron chi connectivity index (χ0n) is 17.0. The smallest absolute Gasteiger partial charge is 0.355 e. The summed E-state index contributed by atoms with van der Waals surface area (Å²) in [6.45, 7) is 2.96. The van der Waals surface area contributed by atoms with Crippen molar-refractivity contribution in [2.45, 2.75) is 12.6 Å². The van der Waals surface area contributed by atoms with Crippen LogP contribution < -0.4 is 15.9 Å². The summed E-state index contributed by atoms with van der Waals surface area (Å²) in [7, 11) is -2.42. The van der Waals surface area contributed by atoms with Crippen molar-refractivity contribution < 1.29 is 9.53 Å². The third-order valence-electron chi connectivity index (χ3n) is 5.23. The number of aliphatic imine (C=N–C) groups is 1. The lowest BCUT2D eigenvalue weighted by Crippen LogP contribution is -2.46. The number of esters is 1. The van der Waals surface area contributed by atoms with Gasteiger partial charge in [-0.2, -0.15) is 0 Å². The summed E-state index contributed by atoms with van der Waals surface area (Å²) in [4.78, 5) is 18.4. The van der Waals surface area contributed by atoms with Crippen LogP contribution in [0.3, 0.4) is 0 Å². The lowest BCUT2D eigenvalue weighted by Gasteiger charge is -2.33. The van der Waals surface area contributed by atoms with Crippen molar-refractivity contribution in [2.75, 3.05) is 18.9 Å². The molecule has 0 N–H and O–H groups in total. The van der Waals surface area contributed by atoms with Gasteiger partial charge in [-0.1, -0.05) is 54.6 Å². The van der Waals surface area contributed by atoms with E-state index in [-0.39, 0.29) is 5.97 Å². The molecule has 0 bridgehead atoms. The normalized spacial score (nSPS) is 14.8. The summed E-state index contributed by atoms with van der Waals surface area (Å²) < 4.78 is 5.68. The molecule has 5 heteroatoms. The van der Waals surface area contributed by atoms with Crippen LogP contribution in [0.5, 0.6) is 0 Å². The van der Waals surface area contributed by atoms with Crippen LogP contribution in [0.15, 0.2) is 96.0 Å². The molecule has 1 aliphatic rings. The molecule has 3 aromatic rings. The second kappa shape index (κ2) is 9.59. The fourth-order valence-corrected chi connectivity index (χ4v) is 10.1. The minimum atomic E-state index is -2.42. The molecule has 0 saturated carbocycles. The standard InChI is InChI=1S/C25H25NO2PS/c1-2-28-25(27)23(24-26-18-19-30-24)29(20-12-6-3-7-13-20,21-14-8-4-9-15-21)22-16-10-5-11-17-22/h3-17,23H,2,18-19H2,1H3/q+1. The predicted octanol–water partition coefficient (Wildman–Crippen LogP) is 4.06. The maximum absolute atomic E-state index is 13.6. The molecule has 152 valence electrons. The van der Waals surface area contributed by atoms with Crippen molar-refractivity contribution in [2.24, 2.45) is 4.99 Å². The van der Waals surface area contributed by atoms with Crippen molar-refractivity contribution in [1.82, 2.24) is 0 Å². The van der Waals surface area contributed by atoms with E-state index in [0.29, 0.717) is 6.61 Å². The van der Waals surface area contributed by atoms with Gasteiger partial charge in [-0.25, -0.2) is 4.79 Å². The largest absolute Gasteiger partial charge is 0.463 e. The SMILES string of the molecule is CCOC(=O)C(C1=NCCS1)[P+](c1ccccc1)(c1ccccc1)c1ccccc1. The number of benzene rings is 3. The average molecular weight is 435 g/mol. The number of carbonyl (C=O) groups excluding carboxylic acids is 1. The molecule has 3 aromatic carbocycles. The van der Waals surface area contributed by atoms with Crippen LogP contribution in [0.4, 0.5) is 0 Å². The van der Waals surface area contributed by atoms with Gasteiger partial charge in [-0.15, -0.1) is 11.8 Å². The predicted molar refractivity (Wildman–Crippen MR) is 130 cm³/mol. The maximum Gasteiger partial charge on any atom is 0.355 e. The van der Waals surface area contributed by atoms with Crippen molar-refractivity contribution in [3.63, 3.8) is 0 Å². The van der Waals surface area contributed by atoms with E-state index < -0.39 is 12.9 Å². The summed E-state index contributed by atoms with van der Waals surface area (Å²) in [5.41, 5.74) is -0.447. The van der Waals surface area contributed by atoms with Gasteiger partial charge in [0.25, 0.3) is 0 Å². The Morgan fingerprint density at radius 3 is 1.73 bits per heavy atom. The highest BCUT2D eigenvalue weighted by molar-refractivity contribution is 8.16. The molecule has 1 aliphatic heterocycles. The molecular weight excluding hydrogens is 409 g/mol. The summed E-state index contributed by atoms with van der Waals surface area (Å²) in [6, 6.07) is 31.3. The molecule has 1 heterocycles. The second-order valence-corrected chi connectivity index (χ2v) is 11.6. The monoisotopic (exact) mass is 434 g/mol. The van der Waals surface area contributed by atoms with Gasteiger partial charge in [0.2, 0.25) is 5.66 Å². The first kappa shape index (κ1) is 20.8. The van der Waals surface area contributed by atoms with Crippen molar-refractivity contribution in [1.29, 1.82) is 0 Å². The molecule has 0 saturated heterocycles. The summed E-state index contributed by atoms with van der Waals surface area (Å²) in [6.07, 6.45) is 0. The Bertz CT molecular complexity index is 912. The number of rotatable bonds is 7. The van der Waals surface area contributed by atoms with E-state index in [2.05, 4.69) is 72.8 Å². The van der Waals surface area contributed by atoms with E-state index in [1.807, 2.05) is 25.1 Å². The Hall–Kier alpha value is -2.42. The molecule has 0 aliphatic carbocycles. The van der Waals surface area contributed by atoms with Gasteiger partial charge >= 0.3 is 5.97 Å². The van der Waals surface area contributed by atoms with E-state index in [4.69, 9.17) is 9.73 Å². The molecule has 1 atom stereocenters. The van der Waals surface area contributed by atoms with Crippen molar-refractivity contribution >= 4 is 46.0 Å². The number of nitrogens with zero attached hydrogens (tertiary/aromatic N) is 1. The molecule has 0 fully saturated rings. The molecule has 30 heavy (non-hydrogen) atoms. The Morgan fingerprint density at radius 2 is 1.37 bits per heavy atom. The molecule has 3 nitrogen and oxygen atoms in total. The Labute approximate surface area is 182 Å². The molecule has 0 aromatic heterocycles. The van der Waals surface area contributed by atoms with Crippen LogP contribution in [-0.2, 0) is 9.53 Å². The third kappa shape index (κ3) is 3.82. The fraction of sp³-hybridized carbons (Fsp3) is 0.200. The maximum atomic E-state index is 13.6. The first-order chi connectivity index (χ1) is 14.8. The van der Waals surface area contributed by atoms with Gasteiger partial charge in [-0.05, 0) is 43.3 Å². The van der Waals surface area contributed by atoms with Gasteiger partial charge < -0.3 is 4.74 Å². The molecule has 1 unspecified atom stereocenters. The van der Waals surface area contributed by atoms with E-state index in [0.717, 1.165) is 33.3 Å². The van der Waals surface area contributed by atoms with E-state index in [1.54, 1.807) is 11.8 Å². The highest BCUT2D eigenvalue weighted by Gasteiger charge is 2.59. The highest BCUT2D eigenvalue weighted by Crippen LogP contribution is 2.61. The summed E-state index contributed by atoms with van der Waals surface area (Å²) >= 11 is 1.69. The van der Waals surface area contributed by atoms with Gasteiger partial charge in [-0.3, -0.25) is 4.99 Å². The minimum Gasteiger partial charge on any atom is -0.463 e. The van der Waals surface area contributed by atoms with Gasteiger partial charge in [0.1, 0.15) is 28.2 Å². The van der Waals surface area contributed by atoms with Crippen LogP contribution in [-0.4, -0.2) is 35.6 Å². The van der Waals surface area contributed by atoms with Gasteiger partial charge in [0, 0.05) is 12.3 Å². The Kier molecular flexibility index (Phi) is 6.66. The lowest BCUT2D eigenvalue weighted by atomic mass is 10.3. The molecule has 0 amide bonds. The first-order valence-electron chi connectivity index (χ1n) is 10.2. The van der Waals surface area contributed by atoms with E-state index in [1.165, 1.54) is 0 Å². The van der Waals surface area contributed by atoms with Crippen LogP contribution in [0, 0.1) is 0 Å². The lowest BCUT2D eigenvalue weighted by molar-refractivity contribution is -0.141. The number of hydrogen-bond acceptors (Lipinski definition) is 4. The molecule has 4 rings (SSSR count). The molecular formula is C25H25NO2PS+. The Balaban J connectivity index is 2.09. The summed E-state index contributed by atoms with van der Waals surface area (Å²) in [5, 5.41) is 4.39. The minimum absolute atomic E-state index is 0.185. The van der Waals surface area contributed by atoms with Crippen LogP contribution in [0.25, 0.3) is 0 Å². The van der Waals surface area contributed by atoms with Crippen molar-refractivity contribution in [3.05, 3.63) is 91.0 Å². The number of hydrogen-bond donors (Lipinski definition) is 0. The number of ether oxygens (including phenoxy) is 1. The molecule has 0 spiro atoms. The fourth-order valence-electron chi connectivity index (χ4n) is 4.05.